The molecule has 9 atom stereocenters. The molecule has 1 saturated heterocycles. The Hall–Kier alpha value is -5.94. The molecule has 66 heavy (non-hydrogen) atoms. The maximum absolute atomic E-state index is 14.6. The van der Waals surface area contributed by atoms with E-state index in [9.17, 15) is 39.9 Å². The number of anilines is 1. The van der Waals surface area contributed by atoms with E-state index in [0.717, 1.165) is 13.0 Å². The van der Waals surface area contributed by atoms with Crippen molar-refractivity contribution in [3.8, 4) is 23.0 Å². The molecular formula is C50H64N4O12. The van der Waals surface area contributed by atoms with Gasteiger partial charge in [-0.15, -0.1) is 0 Å². The van der Waals surface area contributed by atoms with Gasteiger partial charge in [-0.25, -0.2) is 0 Å². The summed E-state index contributed by atoms with van der Waals surface area (Å²) in [5, 5.41) is 67.6. The third-order valence-corrected chi connectivity index (χ3v) is 13.3. The van der Waals surface area contributed by atoms with E-state index in [2.05, 4.69) is 27.5 Å². The van der Waals surface area contributed by atoms with Gasteiger partial charge in [0.25, 0.3) is 11.7 Å². The molecule has 4 heterocycles. The number of allylic oxidation sites excluding steroid dienone is 2. The van der Waals surface area contributed by atoms with Gasteiger partial charge in [0.15, 0.2) is 5.75 Å². The number of Topliss-reactive ketones (excluding diaryl/α,β-unsaturated/α-hetero) is 1. The quantitative estimate of drug-likeness (QED) is 0.0699. The zero-order chi connectivity index (χ0) is 48.2. The Morgan fingerprint density at radius 3 is 2.26 bits per heavy atom. The predicted molar refractivity (Wildman–Crippen MR) is 250 cm³/mol. The molecule has 16 heteroatoms. The average Bonchev–Trinajstić information content (AvgIpc) is 3.56. The van der Waals surface area contributed by atoms with Crippen molar-refractivity contribution in [2.45, 2.75) is 92.0 Å². The number of aliphatic hydroxyl groups is 2. The second kappa shape index (κ2) is 20.7. The second-order valence-corrected chi connectivity index (χ2v) is 17.9. The van der Waals surface area contributed by atoms with Gasteiger partial charge in [0.05, 0.1) is 53.0 Å². The molecule has 16 nitrogen and oxygen atoms in total. The van der Waals surface area contributed by atoms with E-state index in [4.69, 9.17) is 18.9 Å². The summed E-state index contributed by atoms with van der Waals surface area (Å²) in [5.74, 6) is -8.40. The van der Waals surface area contributed by atoms with E-state index in [1.165, 1.54) is 65.0 Å². The Morgan fingerprint density at radius 1 is 0.924 bits per heavy atom. The fraction of sp³-hybridized carbons (Fsp3) is 0.480. The van der Waals surface area contributed by atoms with Crippen molar-refractivity contribution in [2.24, 2.45) is 28.8 Å². The van der Waals surface area contributed by atoms with Gasteiger partial charge in [0.1, 0.15) is 23.4 Å². The highest BCUT2D eigenvalue weighted by Gasteiger charge is 2.50. The van der Waals surface area contributed by atoms with Gasteiger partial charge >= 0.3 is 11.8 Å². The normalized spacial score (nSPS) is 29.9. The summed E-state index contributed by atoms with van der Waals surface area (Å²) in [6.45, 7) is 15.9. The Labute approximate surface area is 385 Å². The summed E-state index contributed by atoms with van der Waals surface area (Å²) >= 11 is 0. The van der Waals surface area contributed by atoms with E-state index in [0.29, 0.717) is 26.2 Å². The molecule has 0 aromatic heterocycles. The highest BCUT2D eigenvalue weighted by atomic mass is 16.7. The number of rotatable bonds is 7. The number of esters is 1. The number of aliphatic hydroxyl groups excluding tert-OH is 2. The number of carbonyl (C=O) groups is 3. The molecule has 7 rings (SSSR count). The van der Waals surface area contributed by atoms with E-state index >= 15 is 0 Å². The lowest BCUT2D eigenvalue weighted by Crippen LogP contribution is -2.46. The van der Waals surface area contributed by atoms with Crippen molar-refractivity contribution in [1.29, 1.82) is 0 Å². The first-order chi connectivity index (χ1) is 31.3. The monoisotopic (exact) mass is 912 g/mol. The first-order valence-corrected chi connectivity index (χ1v) is 22.4. The minimum absolute atomic E-state index is 0.0538. The fourth-order valence-electron chi connectivity index (χ4n) is 9.02. The van der Waals surface area contributed by atoms with Crippen molar-refractivity contribution < 1.29 is 58.9 Å². The Bertz CT molecular complexity index is 2410. The number of ether oxygens (including phenoxy) is 4. The third kappa shape index (κ3) is 10.2. The number of benzene rings is 3. The van der Waals surface area contributed by atoms with Crippen LogP contribution < -0.4 is 10.1 Å². The Kier molecular flexibility index (Phi) is 15.5. The maximum Gasteiger partial charge on any atom is 0.312 e. The van der Waals surface area contributed by atoms with E-state index in [1.807, 2.05) is 23.2 Å². The van der Waals surface area contributed by atoms with Crippen LogP contribution >= 0.6 is 0 Å². The zero-order valence-electron chi connectivity index (χ0n) is 39.1. The molecule has 356 valence electrons. The first-order valence-electron chi connectivity index (χ1n) is 22.4. The standard InChI is InChI=1S/C50H64N4O12/c1-27-14-13-15-28(2)49(62)52-40-35(26-51-54-23-21-53(22-24-54)20-18-34-16-11-10-12-17-34)44(59)37-38(45(40)60)43(58)32(6)47-39(37)48(61)50(8,66-47)64-25-19-36(63-9)29(3)46(65-33(7)55)31(5)42(57)30(4)41(27)56/h10-17,19,25-27,29-31,36,41-42,46,56-60H,18,20-24H2,1-9H3,(H,52,62)/b14-13+,25-19+,28-15-,51-26?/t27-,29-,30+,31-,36-,41-,42+,46+,50-/m0/s1. The summed E-state index contributed by atoms with van der Waals surface area (Å²) in [4.78, 5) is 43.2. The van der Waals surface area contributed by atoms with Gasteiger partial charge in [0, 0.05) is 93.9 Å². The first kappa shape index (κ1) is 49.5. The number of fused-ring (bicyclic) bond motifs is 14. The number of aromatic hydroxyl groups is 3. The van der Waals surface area contributed by atoms with Crippen LogP contribution in [0.15, 0.2) is 71.6 Å². The maximum atomic E-state index is 14.6. The SMILES string of the molecule is CO[C@H]1/C=C/O[C@@]2(C)Oc3c(C)c(O)c4c(O)c(c(C=NN5CCN(CCc6ccccc6)CC5)c(O)c4c3C2=O)NC(=O)/C(C)=C\C=C\[C@H](C)[C@H](O)[C@@H](C)[C@@H](O)[C@H](C)[C@H](OC(C)=O)[C@H]1C. The van der Waals surface area contributed by atoms with Gasteiger partial charge in [-0.05, 0) is 31.9 Å². The highest BCUT2D eigenvalue weighted by Crippen LogP contribution is 2.55. The van der Waals surface area contributed by atoms with E-state index < -0.39 is 88.8 Å². The topological polar surface area (TPSA) is 220 Å². The Morgan fingerprint density at radius 2 is 1.61 bits per heavy atom. The zero-order valence-corrected chi connectivity index (χ0v) is 39.1. The van der Waals surface area contributed by atoms with Crippen molar-refractivity contribution in [3.63, 3.8) is 0 Å². The van der Waals surface area contributed by atoms with E-state index in [1.54, 1.807) is 39.8 Å². The number of phenols is 3. The molecule has 1 fully saturated rings. The molecule has 5 bridgehead atoms. The number of hydrogen-bond donors (Lipinski definition) is 6. The number of hydrazone groups is 1. The largest absolute Gasteiger partial charge is 0.507 e. The van der Waals surface area contributed by atoms with Crippen LogP contribution in [-0.4, -0.2) is 129 Å². The van der Waals surface area contributed by atoms with E-state index in [-0.39, 0.29) is 44.5 Å². The molecule has 0 unspecified atom stereocenters. The molecule has 6 N–H and O–H groups in total. The van der Waals surface area contributed by atoms with Crippen LogP contribution in [0.2, 0.25) is 0 Å². The molecular weight excluding hydrogens is 849 g/mol. The molecule has 3 aromatic rings. The molecule has 1 amide bonds. The summed E-state index contributed by atoms with van der Waals surface area (Å²) in [7, 11) is 1.44. The van der Waals surface area contributed by atoms with Gasteiger partial charge in [0.2, 0.25) is 0 Å². The number of nitrogens with zero attached hydrogens (tertiary/aromatic N) is 3. The van der Waals surface area contributed by atoms with Crippen LogP contribution in [0.25, 0.3) is 10.8 Å². The van der Waals surface area contributed by atoms with Crippen molar-refractivity contribution in [1.82, 2.24) is 9.91 Å². The average molecular weight is 913 g/mol. The van der Waals surface area contributed by atoms with Crippen molar-refractivity contribution in [3.05, 3.63) is 88.7 Å². The molecule has 4 aliphatic heterocycles. The summed E-state index contributed by atoms with van der Waals surface area (Å²) in [6.07, 6.45) is 5.78. The van der Waals surface area contributed by atoms with Crippen molar-refractivity contribution in [2.75, 3.05) is 45.2 Å². The molecule has 3 aromatic carbocycles. The summed E-state index contributed by atoms with van der Waals surface area (Å²) in [5.41, 5.74) is 0.883. The molecule has 0 aliphatic carbocycles. The predicted octanol–water partition coefficient (Wildman–Crippen LogP) is 5.95. The van der Waals surface area contributed by atoms with Crippen LogP contribution in [0.5, 0.6) is 23.0 Å². The number of amides is 1. The lowest BCUT2D eigenvalue weighted by atomic mass is 9.78. The minimum Gasteiger partial charge on any atom is -0.507 e. The smallest absolute Gasteiger partial charge is 0.312 e. The highest BCUT2D eigenvalue weighted by molar-refractivity contribution is 6.23. The van der Waals surface area contributed by atoms with Crippen LogP contribution in [0.1, 0.15) is 75.5 Å². The van der Waals surface area contributed by atoms with Gasteiger partial charge in [-0.2, -0.15) is 5.10 Å². The number of ketones is 1. The lowest BCUT2D eigenvalue weighted by molar-refractivity contribution is -0.160. The Balaban J connectivity index is 1.43. The van der Waals surface area contributed by atoms with Crippen molar-refractivity contribution >= 4 is 40.3 Å². The number of methoxy groups -OCH3 is 1. The van der Waals surface area contributed by atoms with Gasteiger partial charge in [-0.1, -0.05) is 76.3 Å². The molecule has 0 saturated carbocycles. The molecule has 0 spiro atoms. The van der Waals surface area contributed by atoms with Crippen LogP contribution in [0.4, 0.5) is 5.69 Å². The third-order valence-electron chi connectivity index (χ3n) is 13.3. The summed E-state index contributed by atoms with van der Waals surface area (Å²) in [6, 6.07) is 10.2. The number of hydrogen-bond acceptors (Lipinski definition) is 15. The van der Waals surface area contributed by atoms with Crippen LogP contribution in [0, 0.1) is 30.6 Å². The number of phenolic OH excluding ortho intramolecular Hbond substituents is 3. The number of piperazine rings is 1. The molecule has 0 radical (unpaired) electrons. The number of nitrogens with one attached hydrogen (secondary N) is 1. The summed E-state index contributed by atoms with van der Waals surface area (Å²) < 4.78 is 23.7. The number of carbonyl (C=O) groups excluding carboxylic acids is 3. The van der Waals surface area contributed by atoms with Gasteiger partial charge < -0.3 is 49.8 Å². The lowest BCUT2D eigenvalue weighted by Gasteiger charge is -2.38. The fourth-order valence-corrected chi connectivity index (χ4v) is 9.02. The van der Waals surface area contributed by atoms with Crippen LogP contribution in [-0.2, 0) is 30.2 Å². The minimum atomic E-state index is -2.06. The molecule has 4 aliphatic rings. The second-order valence-electron chi connectivity index (χ2n) is 17.9. The van der Waals surface area contributed by atoms with Gasteiger partial charge in [-0.3, -0.25) is 24.3 Å². The van der Waals surface area contributed by atoms with Crippen LogP contribution in [0.3, 0.4) is 0 Å².